The van der Waals surface area contributed by atoms with E-state index in [4.69, 9.17) is 15.2 Å². The van der Waals surface area contributed by atoms with Crippen LogP contribution in [0.1, 0.15) is 38.7 Å². The van der Waals surface area contributed by atoms with Crippen LogP contribution in [-0.2, 0) is 24.5 Å². The molecule has 1 fully saturated rings. The second-order valence-corrected chi connectivity index (χ2v) is 6.79. The van der Waals surface area contributed by atoms with Crippen molar-refractivity contribution in [2.45, 2.75) is 44.6 Å². The van der Waals surface area contributed by atoms with Crippen LogP contribution in [0.5, 0.6) is 0 Å². The third kappa shape index (κ3) is 4.92. The zero-order valence-corrected chi connectivity index (χ0v) is 16.7. The number of hydrogen-bond donors (Lipinski definition) is 2. The van der Waals surface area contributed by atoms with Gasteiger partial charge in [0.2, 0.25) is 5.91 Å². The van der Waals surface area contributed by atoms with Crippen LogP contribution < -0.4 is 11.1 Å². The number of benzene rings is 1. The van der Waals surface area contributed by atoms with E-state index in [-0.39, 0.29) is 19.6 Å². The molecule has 3 N–H and O–H groups in total. The number of unbranched alkanes of at least 4 members (excludes halogenated alkanes) is 1. The van der Waals surface area contributed by atoms with Gasteiger partial charge in [-0.2, -0.15) is 0 Å². The molecular formula is C20H27N3O6. The number of primary amides is 1. The van der Waals surface area contributed by atoms with Crippen molar-refractivity contribution < 1.29 is 28.7 Å². The predicted octanol–water partition coefficient (Wildman–Crippen LogP) is 1.69. The number of amides is 5. The molecule has 1 aliphatic heterocycles. The summed E-state index contributed by atoms with van der Waals surface area (Å²) in [5.74, 6) is -1.35. The van der Waals surface area contributed by atoms with Crippen LogP contribution in [0.3, 0.4) is 0 Å². The van der Waals surface area contributed by atoms with E-state index < -0.39 is 35.5 Å². The number of carbonyl (C=O) groups is 4. The molecule has 1 aliphatic rings. The zero-order valence-electron chi connectivity index (χ0n) is 16.7. The molecule has 1 aromatic rings. The minimum atomic E-state index is -1.55. The summed E-state index contributed by atoms with van der Waals surface area (Å²) in [5, 5.41) is 2.25. The molecule has 0 bridgehead atoms. The zero-order chi connectivity index (χ0) is 21.4. The standard InChI is InChI=1S/C20H27N3O6/c1-3-5-11-28-13-15(29-18(21)26)12-23-17(25)20(4-2,16(24)22-19(23)27)14-9-7-6-8-10-14/h6-10,15H,3-5,11-13H2,1-2H3,(H2,21,26)(H,22,24,27). The van der Waals surface area contributed by atoms with E-state index in [1.54, 1.807) is 37.3 Å². The Morgan fingerprint density at radius 3 is 2.48 bits per heavy atom. The van der Waals surface area contributed by atoms with Crippen LogP contribution in [0.2, 0.25) is 0 Å². The first-order valence-electron chi connectivity index (χ1n) is 9.63. The first kappa shape index (κ1) is 22.4. The van der Waals surface area contributed by atoms with Gasteiger partial charge in [-0.1, -0.05) is 50.6 Å². The molecule has 1 aromatic carbocycles. The van der Waals surface area contributed by atoms with Crippen LogP contribution in [0.15, 0.2) is 30.3 Å². The van der Waals surface area contributed by atoms with Gasteiger partial charge in [-0.3, -0.25) is 19.8 Å². The summed E-state index contributed by atoms with van der Waals surface area (Å²) in [6, 6.07) is 7.67. The van der Waals surface area contributed by atoms with Gasteiger partial charge in [0.15, 0.2) is 5.41 Å². The van der Waals surface area contributed by atoms with Gasteiger partial charge in [-0.05, 0) is 18.4 Å². The average molecular weight is 405 g/mol. The number of barbiturate groups is 1. The van der Waals surface area contributed by atoms with Gasteiger partial charge in [-0.15, -0.1) is 0 Å². The first-order chi connectivity index (χ1) is 13.9. The van der Waals surface area contributed by atoms with Gasteiger partial charge in [0, 0.05) is 6.61 Å². The minimum absolute atomic E-state index is 0.0294. The first-order valence-corrected chi connectivity index (χ1v) is 9.63. The summed E-state index contributed by atoms with van der Waals surface area (Å²) < 4.78 is 10.5. The number of hydrogen-bond acceptors (Lipinski definition) is 6. The van der Waals surface area contributed by atoms with Crippen molar-refractivity contribution >= 4 is 23.9 Å². The smallest absolute Gasteiger partial charge is 0.404 e. The van der Waals surface area contributed by atoms with E-state index in [0.29, 0.717) is 12.2 Å². The van der Waals surface area contributed by atoms with Crippen molar-refractivity contribution in [3.05, 3.63) is 35.9 Å². The normalized spacial score (nSPS) is 20.3. The Morgan fingerprint density at radius 1 is 1.21 bits per heavy atom. The highest BCUT2D eigenvalue weighted by molar-refractivity contribution is 6.22. The largest absolute Gasteiger partial charge is 0.442 e. The van der Waals surface area contributed by atoms with E-state index in [2.05, 4.69) is 5.32 Å². The van der Waals surface area contributed by atoms with Gasteiger partial charge in [-0.25, -0.2) is 9.59 Å². The third-order valence-corrected chi connectivity index (χ3v) is 4.88. The Balaban J connectivity index is 2.27. The summed E-state index contributed by atoms with van der Waals surface area (Å²) in [6.45, 7) is 3.84. The second kappa shape index (κ2) is 10.0. The Morgan fingerprint density at radius 2 is 1.90 bits per heavy atom. The molecule has 5 amide bonds. The Kier molecular flexibility index (Phi) is 7.72. The van der Waals surface area contributed by atoms with E-state index >= 15 is 0 Å². The highest BCUT2D eigenvalue weighted by atomic mass is 16.6. The number of rotatable bonds is 10. The van der Waals surface area contributed by atoms with Crippen LogP contribution in [0.25, 0.3) is 0 Å². The molecule has 0 aromatic heterocycles. The monoisotopic (exact) mass is 405 g/mol. The number of urea groups is 1. The topological polar surface area (TPSA) is 128 Å². The fourth-order valence-corrected chi connectivity index (χ4v) is 3.30. The fourth-order valence-electron chi connectivity index (χ4n) is 3.30. The number of nitrogens with one attached hydrogen (secondary N) is 1. The van der Waals surface area contributed by atoms with Crippen molar-refractivity contribution in [1.29, 1.82) is 0 Å². The summed E-state index contributed by atoms with van der Waals surface area (Å²) >= 11 is 0. The molecule has 2 atom stereocenters. The van der Waals surface area contributed by atoms with Crippen LogP contribution in [-0.4, -0.2) is 54.7 Å². The number of carbonyl (C=O) groups excluding carboxylic acids is 4. The van der Waals surface area contributed by atoms with Gasteiger partial charge >= 0.3 is 12.1 Å². The Bertz CT molecular complexity index is 754. The van der Waals surface area contributed by atoms with Crippen molar-refractivity contribution in [2.24, 2.45) is 5.73 Å². The van der Waals surface area contributed by atoms with Gasteiger partial charge in [0.25, 0.3) is 5.91 Å². The lowest BCUT2D eigenvalue weighted by Crippen LogP contribution is -2.67. The molecular weight excluding hydrogens is 378 g/mol. The van der Waals surface area contributed by atoms with Gasteiger partial charge in [0.05, 0.1) is 13.2 Å². The molecule has 1 saturated heterocycles. The van der Waals surface area contributed by atoms with Gasteiger partial charge in [0.1, 0.15) is 6.10 Å². The lowest BCUT2D eigenvalue weighted by atomic mass is 9.74. The number of nitrogens with zero attached hydrogens (tertiary/aromatic N) is 1. The molecule has 9 heteroatoms. The highest BCUT2D eigenvalue weighted by Gasteiger charge is 2.54. The molecule has 158 valence electrons. The summed E-state index contributed by atoms with van der Waals surface area (Å²) in [5.41, 5.74) is 4.05. The van der Waals surface area contributed by atoms with E-state index in [0.717, 1.165) is 17.7 Å². The quantitative estimate of drug-likeness (QED) is 0.450. The van der Waals surface area contributed by atoms with E-state index in [1.165, 1.54) is 0 Å². The summed E-state index contributed by atoms with van der Waals surface area (Å²) in [4.78, 5) is 50.6. The lowest BCUT2D eigenvalue weighted by molar-refractivity contribution is -0.146. The molecule has 2 rings (SSSR count). The fraction of sp³-hybridized carbons (Fsp3) is 0.500. The van der Waals surface area contributed by atoms with Crippen LogP contribution >= 0.6 is 0 Å². The van der Waals surface area contributed by atoms with Gasteiger partial charge < -0.3 is 15.2 Å². The summed E-state index contributed by atoms with van der Waals surface area (Å²) in [7, 11) is 0. The molecule has 9 nitrogen and oxygen atoms in total. The van der Waals surface area contributed by atoms with Crippen molar-refractivity contribution in [2.75, 3.05) is 19.8 Å². The molecule has 2 unspecified atom stereocenters. The third-order valence-electron chi connectivity index (χ3n) is 4.88. The van der Waals surface area contributed by atoms with Crippen molar-refractivity contribution in [3.63, 3.8) is 0 Å². The second-order valence-electron chi connectivity index (χ2n) is 6.79. The average Bonchev–Trinajstić information content (AvgIpc) is 2.69. The highest BCUT2D eigenvalue weighted by Crippen LogP contribution is 2.33. The molecule has 0 spiro atoms. The number of nitrogens with two attached hydrogens (primary N) is 1. The predicted molar refractivity (Wildman–Crippen MR) is 104 cm³/mol. The Hall–Kier alpha value is -2.94. The number of ether oxygens (including phenoxy) is 2. The van der Waals surface area contributed by atoms with E-state index in [1.807, 2.05) is 6.92 Å². The lowest BCUT2D eigenvalue weighted by Gasteiger charge is -2.39. The minimum Gasteiger partial charge on any atom is -0.442 e. The Labute approximate surface area is 169 Å². The van der Waals surface area contributed by atoms with Crippen LogP contribution in [0, 0.1) is 0 Å². The summed E-state index contributed by atoms with van der Waals surface area (Å²) in [6.07, 6.45) is -0.0994. The molecule has 1 heterocycles. The SMILES string of the molecule is CCCCOCC(CN1C(=O)NC(=O)C(CC)(c2ccccc2)C1=O)OC(N)=O. The molecule has 29 heavy (non-hydrogen) atoms. The molecule has 0 aliphatic carbocycles. The molecule has 0 saturated carbocycles. The maximum Gasteiger partial charge on any atom is 0.404 e. The van der Waals surface area contributed by atoms with Crippen LogP contribution in [0.4, 0.5) is 9.59 Å². The maximum atomic E-state index is 13.3. The maximum absolute atomic E-state index is 13.3. The molecule has 0 radical (unpaired) electrons. The number of imide groups is 2. The van der Waals surface area contributed by atoms with Crippen molar-refractivity contribution in [3.8, 4) is 0 Å². The van der Waals surface area contributed by atoms with Crippen molar-refractivity contribution in [1.82, 2.24) is 10.2 Å². The van der Waals surface area contributed by atoms with E-state index in [9.17, 15) is 19.2 Å².